The van der Waals surface area contributed by atoms with Crippen LogP contribution in [0.25, 0.3) is 0 Å². The Hall–Kier alpha value is -2.61. The predicted octanol–water partition coefficient (Wildman–Crippen LogP) is 1.14. The highest BCUT2D eigenvalue weighted by Gasteiger charge is 2.22. The molecule has 122 valence electrons. The third-order valence-electron chi connectivity index (χ3n) is 3.12. The first-order valence-corrected chi connectivity index (χ1v) is 6.82. The van der Waals surface area contributed by atoms with E-state index in [0.29, 0.717) is 0 Å². The van der Waals surface area contributed by atoms with Crippen molar-refractivity contribution < 1.29 is 13.9 Å². The lowest BCUT2D eigenvalue weighted by Crippen LogP contribution is -2.33. The van der Waals surface area contributed by atoms with E-state index in [1.54, 1.807) is 0 Å². The minimum atomic E-state index is -0.850. The molecular weight excluding hydrogens is 329 g/mol. The molecule has 0 bridgehead atoms. The van der Waals surface area contributed by atoms with Gasteiger partial charge in [-0.1, -0.05) is 17.7 Å². The molecule has 2 N–H and O–H groups in total. The maximum Gasteiger partial charge on any atom is 0.326 e. The molecule has 0 aliphatic rings. The van der Waals surface area contributed by atoms with E-state index in [4.69, 9.17) is 16.3 Å². The fraction of sp³-hybridized carbons (Fsp3) is 0.214. The van der Waals surface area contributed by atoms with Crippen molar-refractivity contribution in [2.45, 2.75) is 6.54 Å². The fourth-order valence-corrected chi connectivity index (χ4v) is 2.23. The summed E-state index contributed by atoms with van der Waals surface area (Å²) in [5, 5.41) is 0.163. The van der Waals surface area contributed by atoms with Crippen LogP contribution in [0, 0.1) is 5.82 Å². The molecule has 0 aliphatic carbocycles. The molecule has 1 amide bonds. The number of nitrogens with zero attached hydrogens (tertiary/aromatic N) is 1. The van der Waals surface area contributed by atoms with Crippen LogP contribution in [0.4, 0.5) is 4.39 Å². The Morgan fingerprint density at radius 3 is 2.65 bits per heavy atom. The molecule has 0 radical (unpaired) electrons. The lowest BCUT2D eigenvalue weighted by atomic mass is 10.2. The number of aromatic amines is 2. The number of hydrogen-bond acceptors (Lipinski definition) is 4. The van der Waals surface area contributed by atoms with Crippen LogP contribution in [0.3, 0.4) is 0 Å². The van der Waals surface area contributed by atoms with Gasteiger partial charge in [-0.3, -0.25) is 19.6 Å². The second-order valence-electron chi connectivity index (χ2n) is 4.68. The maximum absolute atomic E-state index is 13.8. The Labute approximate surface area is 134 Å². The molecule has 0 atom stereocenters. The third kappa shape index (κ3) is 3.42. The number of aromatic nitrogens is 2. The number of carbonyl (C=O) groups is 1. The van der Waals surface area contributed by atoms with Gasteiger partial charge in [-0.15, -0.1) is 0 Å². The third-order valence-corrected chi connectivity index (χ3v) is 3.47. The number of methoxy groups -OCH3 is 1. The Morgan fingerprint density at radius 1 is 1.35 bits per heavy atom. The Balaban J connectivity index is 2.38. The first-order valence-electron chi connectivity index (χ1n) is 6.44. The van der Waals surface area contributed by atoms with E-state index in [1.807, 2.05) is 4.98 Å². The summed E-state index contributed by atoms with van der Waals surface area (Å²) in [5.41, 5.74) is -1.89. The van der Waals surface area contributed by atoms with Crippen molar-refractivity contribution in [1.82, 2.24) is 14.9 Å². The number of rotatable bonds is 4. The molecule has 0 saturated heterocycles. The van der Waals surface area contributed by atoms with Crippen LogP contribution < -0.4 is 16.0 Å². The van der Waals surface area contributed by atoms with Gasteiger partial charge in [-0.25, -0.2) is 9.18 Å². The van der Waals surface area contributed by atoms with Gasteiger partial charge in [0, 0.05) is 17.6 Å². The minimum absolute atomic E-state index is 0.121. The number of amides is 1. The zero-order valence-corrected chi connectivity index (χ0v) is 13.0. The lowest BCUT2D eigenvalue weighted by molar-refractivity contribution is 0.0773. The van der Waals surface area contributed by atoms with E-state index >= 15 is 0 Å². The molecule has 2 rings (SSSR count). The van der Waals surface area contributed by atoms with Crippen molar-refractivity contribution >= 4 is 17.5 Å². The van der Waals surface area contributed by atoms with Gasteiger partial charge in [0.25, 0.3) is 11.5 Å². The van der Waals surface area contributed by atoms with Gasteiger partial charge >= 0.3 is 5.69 Å². The molecule has 0 spiro atoms. The first-order chi connectivity index (χ1) is 10.8. The van der Waals surface area contributed by atoms with E-state index in [9.17, 15) is 18.8 Å². The van der Waals surface area contributed by atoms with E-state index in [0.717, 1.165) is 4.90 Å². The molecule has 0 saturated carbocycles. The van der Waals surface area contributed by atoms with Crippen molar-refractivity contribution in [3.8, 4) is 5.75 Å². The standard InChI is InChI=1S/C14H13ClFN3O4/c1-19(6-7-8(15)4-3-5-9(7)16)13(21)10-11(23-2)12(20)18-14(22)17-10/h3-5H,6H2,1-2H3,(H2,17,18,20,22). The molecule has 0 aliphatic heterocycles. The summed E-state index contributed by atoms with van der Waals surface area (Å²) in [6.07, 6.45) is 0. The van der Waals surface area contributed by atoms with Gasteiger partial charge in [0.1, 0.15) is 5.82 Å². The number of carbonyl (C=O) groups excluding carboxylic acids is 1. The van der Waals surface area contributed by atoms with Crippen LogP contribution >= 0.6 is 11.6 Å². The first kappa shape index (κ1) is 16.8. The number of nitrogens with one attached hydrogen (secondary N) is 2. The van der Waals surface area contributed by atoms with Gasteiger partial charge in [-0.2, -0.15) is 0 Å². The maximum atomic E-state index is 13.8. The molecule has 1 aromatic carbocycles. The summed E-state index contributed by atoms with van der Waals surface area (Å²) in [6, 6.07) is 4.16. The van der Waals surface area contributed by atoms with Crippen LogP contribution in [0.1, 0.15) is 16.1 Å². The van der Waals surface area contributed by atoms with Gasteiger partial charge < -0.3 is 9.64 Å². The van der Waals surface area contributed by atoms with Crippen LogP contribution in [0.2, 0.25) is 5.02 Å². The average molecular weight is 342 g/mol. The largest absolute Gasteiger partial charge is 0.489 e. The van der Waals surface area contributed by atoms with Crippen LogP contribution in [0.15, 0.2) is 27.8 Å². The molecule has 1 heterocycles. The lowest BCUT2D eigenvalue weighted by Gasteiger charge is -2.19. The second-order valence-corrected chi connectivity index (χ2v) is 5.09. The monoisotopic (exact) mass is 341 g/mol. The number of halogens is 2. The number of benzene rings is 1. The normalized spacial score (nSPS) is 10.4. The van der Waals surface area contributed by atoms with Gasteiger partial charge in [0.15, 0.2) is 5.69 Å². The van der Waals surface area contributed by atoms with Crippen molar-refractivity contribution in [3.05, 3.63) is 61.1 Å². The Bertz CT molecular complexity index is 842. The van der Waals surface area contributed by atoms with Crippen LogP contribution in [-0.2, 0) is 6.54 Å². The molecule has 0 unspecified atom stereocenters. The summed E-state index contributed by atoms with van der Waals surface area (Å²) in [5.74, 6) is -1.62. The van der Waals surface area contributed by atoms with Crippen molar-refractivity contribution in [1.29, 1.82) is 0 Å². The van der Waals surface area contributed by atoms with Gasteiger partial charge in [0.05, 0.1) is 13.7 Å². The second kappa shape index (κ2) is 6.66. The molecule has 0 fully saturated rings. The summed E-state index contributed by atoms with van der Waals surface area (Å²) in [4.78, 5) is 40.7. The summed E-state index contributed by atoms with van der Waals surface area (Å²) in [6.45, 7) is -0.150. The quantitative estimate of drug-likeness (QED) is 0.871. The van der Waals surface area contributed by atoms with E-state index in [1.165, 1.54) is 32.4 Å². The number of ether oxygens (including phenoxy) is 1. The average Bonchev–Trinajstić information content (AvgIpc) is 2.49. The highest BCUT2D eigenvalue weighted by atomic mass is 35.5. The van der Waals surface area contributed by atoms with Gasteiger partial charge in [0.2, 0.25) is 5.75 Å². The van der Waals surface area contributed by atoms with Crippen molar-refractivity contribution in [2.24, 2.45) is 0 Å². The molecule has 7 nitrogen and oxygen atoms in total. The van der Waals surface area contributed by atoms with Crippen molar-refractivity contribution in [3.63, 3.8) is 0 Å². The zero-order valence-electron chi connectivity index (χ0n) is 12.3. The highest BCUT2D eigenvalue weighted by Crippen LogP contribution is 2.21. The van der Waals surface area contributed by atoms with Crippen LogP contribution in [0.5, 0.6) is 5.75 Å². The molecule has 23 heavy (non-hydrogen) atoms. The number of H-pyrrole nitrogens is 2. The number of hydrogen-bond donors (Lipinski definition) is 2. The molecule has 2 aromatic rings. The van der Waals surface area contributed by atoms with E-state index in [2.05, 4.69) is 4.98 Å². The SMILES string of the molecule is COc1c(C(=O)N(C)Cc2c(F)cccc2Cl)[nH]c(=O)[nH]c1=O. The predicted molar refractivity (Wildman–Crippen MR) is 81.4 cm³/mol. The molecule has 9 heteroatoms. The van der Waals surface area contributed by atoms with E-state index < -0.39 is 23.0 Å². The topological polar surface area (TPSA) is 95.3 Å². The molecule has 1 aromatic heterocycles. The Kier molecular flexibility index (Phi) is 4.85. The highest BCUT2D eigenvalue weighted by molar-refractivity contribution is 6.31. The smallest absolute Gasteiger partial charge is 0.326 e. The Morgan fingerprint density at radius 2 is 2.04 bits per heavy atom. The van der Waals surface area contributed by atoms with Crippen molar-refractivity contribution in [2.75, 3.05) is 14.2 Å². The minimum Gasteiger partial charge on any atom is -0.489 e. The summed E-state index contributed by atoms with van der Waals surface area (Å²) < 4.78 is 18.6. The fourth-order valence-electron chi connectivity index (χ4n) is 2.00. The summed E-state index contributed by atoms with van der Waals surface area (Å²) in [7, 11) is 2.57. The molecular formula is C14H13ClFN3O4. The summed E-state index contributed by atoms with van der Waals surface area (Å²) >= 11 is 5.92. The van der Waals surface area contributed by atoms with Gasteiger partial charge in [-0.05, 0) is 12.1 Å². The zero-order chi connectivity index (χ0) is 17.1. The van der Waals surface area contributed by atoms with Crippen LogP contribution in [-0.4, -0.2) is 34.9 Å². The van der Waals surface area contributed by atoms with E-state index in [-0.39, 0.29) is 28.6 Å².